The van der Waals surface area contributed by atoms with Crippen LogP contribution in [0.25, 0.3) is 0 Å². The molecule has 1 aliphatic heterocycles. The smallest absolute Gasteiger partial charge is 0.262 e. The number of amides is 1. The summed E-state index contributed by atoms with van der Waals surface area (Å²) in [6.07, 6.45) is 0. The normalized spacial score (nSPS) is 13.7. The highest BCUT2D eigenvalue weighted by Gasteiger charge is 2.22. The molecule has 0 aromatic heterocycles. The number of anilines is 2. The van der Waals surface area contributed by atoms with Gasteiger partial charge in [-0.05, 0) is 50.1 Å². The Bertz CT molecular complexity index is 913. The zero-order chi connectivity index (χ0) is 17.5. The van der Waals surface area contributed by atoms with Gasteiger partial charge in [0.05, 0.1) is 16.3 Å². The summed E-state index contributed by atoms with van der Waals surface area (Å²) in [4.78, 5) is 11.5. The van der Waals surface area contributed by atoms with Crippen LogP contribution in [0.1, 0.15) is 16.7 Å². The molecule has 3 rings (SSSR count). The number of carbonyl (C=O) groups is 1. The zero-order valence-corrected chi connectivity index (χ0v) is 14.5. The van der Waals surface area contributed by atoms with Gasteiger partial charge in [-0.2, -0.15) is 0 Å². The first-order valence-corrected chi connectivity index (χ1v) is 8.92. The third kappa shape index (κ3) is 3.07. The summed E-state index contributed by atoms with van der Waals surface area (Å²) in [6, 6.07) is 8.24. The predicted octanol–water partition coefficient (Wildman–Crippen LogP) is 2.74. The molecule has 0 aliphatic carbocycles. The third-order valence-corrected chi connectivity index (χ3v) is 5.16. The van der Waals surface area contributed by atoms with Gasteiger partial charge in [-0.1, -0.05) is 17.7 Å². The molecule has 0 saturated carbocycles. The van der Waals surface area contributed by atoms with Crippen molar-refractivity contribution in [2.45, 2.75) is 25.7 Å². The van der Waals surface area contributed by atoms with E-state index >= 15 is 0 Å². The topological polar surface area (TPSA) is 84.5 Å². The van der Waals surface area contributed by atoms with Crippen LogP contribution in [0.3, 0.4) is 0 Å². The molecule has 6 nitrogen and oxygen atoms in total. The summed E-state index contributed by atoms with van der Waals surface area (Å²) in [6.45, 7) is 5.61. The summed E-state index contributed by atoms with van der Waals surface area (Å²) in [5, 5.41) is 2.61. The lowest BCUT2D eigenvalue weighted by atomic mass is 10.1. The summed E-state index contributed by atoms with van der Waals surface area (Å²) in [7, 11) is -3.78. The van der Waals surface area contributed by atoms with Gasteiger partial charge >= 0.3 is 0 Å². The number of hydrogen-bond donors (Lipinski definition) is 2. The maximum absolute atomic E-state index is 12.7. The van der Waals surface area contributed by atoms with Gasteiger partial charge in [-0.3, -0.25) is 9.52 Å². The molecule has 1 amide bonds. The molecule has 0 atom stereocenters. The molecule has 1 aliphatic rings. The van der Waals surface area contributed by atoms with Gasteiger partial charge in [0.15, 0.2) is 6.61 Å². The number of fused-ring (bicyclic) bond motifs is 1. The molecule has 7 heteroatoms. The average molecular weight is 346 g/mol. The molecule has 1 heterocycles. The summed E-state index contributed by atoms with van der Waals surface area (Å²) in [5.41, 5.74) is 3.70. The van der Waals surface area contributed by atoms with Crippen LogP contribution in [0.2, 0.25) is 0 Å². The van der Waals surface area contributed by atoms with Crippen molar-refractivity contribution in [3.05, 3.63) is 47.0 Å². The third-order valence-electron chi connectivity index (χ3n) is 3.81. The van der Waals surface area contributed by atoms with E-state index < -0.39 is 10.0 Å². The van der Waals surface area contributed by atoms with Crippen LogP contribution in [-0.2, 0) is 14.8 Å². The predicted molar refractivity (Wildman–Crippen MR) is 92.0 cm³/mol. The van der Waals surface area contributed by atoms with Crippen LogP contribution in [-0.4, -0.2) is 20.9 Å². The second-order valence-corrected chi connectivity index (χ2v) is 7.56. The van der Waals surface area contributed by atoms with Gasteiger partial charge in [0.25, 0.3) is 15.9 Å². The molecule has 0 saturated heterocycles. The van der Waals surface area contributed by atoms with Crippen LogP contribution in [0.5, 0.6) is 5.75 Å². The Morgan fingerprint density at radius 2 is 1.75 bits per heavy atom. The molecular formula is C17H18N2O4S. The van der Waals surface area contributed by atoms with Crippen molar-refractivity contribution < 1.29 is 17.9 Å². The maximum atomic E-state index is 12.7. The summed E-state index contributed by atoms with van der Waals surface area (Å²) >= 11 is 0. The highest BCUT2D eigenvalue weighted by atomic mass is 32.2. The van der Waals surface area contributed by atoms with Crippen molar-refractivity contribution in [2.24, 2.45) is 0 Å². The standard InChI is InChI=1S/C17H18N2O4S/c1-10-6-11(2)17(12(3)7-10)19-24(21,22)13-4-5-15-14(8-13)18-16(20)9-23-15/h4-8,19H,9H2,1-3H3,(H,18,20). The first-order chi connectivity index (χ1) is 11.3. The lowest BCUT2D eigenvalue weighted by molar-refractivity contribution is -0.118. The molecule has 2 N–H and O–H groups in total. The van der Waals surface area contributed by atoms with Crippen molar-refractivity contribution in [1.82, 2.24) is 0 Å². The van der Waals surface area contributed by atoms with Crippen molar-refractivity contribution in [1.29, 1.82) is 0 Å². The molecule has 0 unspecified atom stereocenters. The number of hydrogen-bond acceptors (Lipinski definition) is 4. The van der Waals surface area contributed by atoms with Crippen molar-refractivity contribution in [3.63, 3.8) is 0 Å². The number of nitrogens with one attached hydrogen (secondary N) is 2. The fourth-order valence-electron chi connectivity index (χ4n) is 2.76. The zero-order valence-electron chi connectivity index (χ0n) is 13.6. The fraction of sp³-hybridized carbons (Fsp3) is 0.235. The Hall–Kier alpha value is -2.54. The van der Waals surface area contributed by atoms with Gasteiger partial charge in [0.1, 0.15) is 5.75 Å². The average Bonchev–Trinajstić information content (AvgIpc) is 2.50. The van der Waals surface area contributed by atoms with E-state index in [0.717, 1.165) is 16.7 Å². The number of ether oxygens (including phenoxy) is 1. The summed E-state index contributed by atoms with van der Waals surface area (Å²) in [5.74, 6) is 0.145. The first-order valence-electron chi connectivity index (χ1n) is 7.43. The van der Waals surface area contributed by atoms with E-state index in [0.29, 0.717) is 17.1 Å². The second kappa shape index (κ2) is 5.83. The SMILES string of the molecule is Cc1cc(C)c(NS(=O)(=O)c2ccc3c(c2)NC(=O)CO3)c(C)c1. The van der Waals surface area contributed by atoms with Crippen LogP contribution >= 0.6 is 0 Å². The van der Waals surface area contributed by atoms with E-state index in [-0.39, 0.29) is 17.4 Å². The Kier molecular flexibility index (Phi) is 3.96. The highest BCUT2D eigenvalue weighted by molar-refractivity contribution is 7.92. The molecule has 24 heavy (non-hydrogen) atoms. The van der Waals surface area contributed by atoms with E-state index in [4.69, 9.17) is 4.74 Å². The van der Waals surface area contributed by atoms with Crippen LogP contribution in [0, 0.1) is 20.8 Å². The monoisotopic (exact) mass is 346 g/mol. The minimum absolute atomic E-state index is 0.0615. The molecule has 0 radical (unpaired) electrons. The van der Waals surface area contributed by atoms with Crippen LogP contribution in [0.15, 0.2) is 35.2 Å². The van der Waals surface area contributed by atoms with E-state index in [2.05, 4.69) is 10.0 Å². The van der Waals surface area contributed by atoms with Gasteiger partial charge in [0, 0.05) is 0 Å². The first kappa shape index (κ1) is 16.3. The van der Waals surface area contributed by atoms with E-state index in [1.165, 1.54) is 18.2 Å². The minimum atomic E-state index is -3.78. The molecule has 0 fully saturated rings. The van der Waals surface area contributed by atoms with Gasteiger partial charge < -0.3 is 10.1 Å². The van der Waals surface area contributed by atoms with Gasteiger partial charge in [0.2, 0.25) is 0 Å². The highest BCUT2D eigenvalue weighted by Crippen LogP contribution is 2.31. The number of sulfonamides is 1. The lowest BCUT2D eigenvalue weighted by Crippen LogP contribution is -2.25. The minimum Gasteiger partial charge on any atom is -0.482 e. The molecule has 2 aromatic carbocycles. The van der Waals surface area contributed by atoms with Crippen molar-refractivity contribution >= 4 is 27.3 Å². The molecule has 2 aromatic rings. The number of carbonyl (C=O) groups excluding carboxylic acids is 1. The lowest BCUT2D eigenvalue weighted by Gasteiger charge is -2.19. The van der Waals surface area contributed by atoms with E-state index in [1.807, 2.05) is 32.9 Å². The van der Waals surface area contributed by atoms with E-state index in [9.17, 15) is 13.2 Å². The Morgan fingerprint density at radius 3 is 2.42 bits per heavy atom. The van der Waals surface area contributed by atoms with Gasteiger partial charge in [-0.15, -0.1) is 0 Å². The number of rotatable bonds is 3. The Labute approximate surface area is 140 Å². The van der Waals surface area contributed by atoms with Crippen molar-refractivity contribution in [2.75, 3.05) is 16.6 Å². The maximum Gasteiger partial charge on any atom is 0.262 e. The van der Waals surface area contributed by atoms with Crippen LogP contribution < -0.4 is 14.8 Å². The van der Waals surface area contributed by atoms with Crippen LogP contribution in [0.4, 0.5) is 11.4 Å². The Morgan fingerprint density at radius 1 is 1.08 bits per heavy atom. The molecule has 0 spiro atoms. The number of aryl methyl sites for hydroxylation is 3. The number of benzene rings is 2. The molecule has 0 bridgehead atoms. The Balaban J connectivity index is 1.97. The molecular weight excluding hydrogens is 328 g/mol. The quantitative estimate of drug-likeness (QED) is 0.895. The summed E-state index contributed by atoms with van der Waals surface area (Å²) < 4.78 is 33.3. The largest absolute Gasteiger partial charge is 0.482 e. The fourth-order valence-corrected chi connectivity index (χ4v) is 3.99. The van der Waals surface area contributed by atoms with Crippen molar-refractivity contribution in [3.8, 4) is 5.75 Å². The second-order valence-electron chi connectivity index (χ2n) is 5.87. The van der Waals surface area contributed by atoms with Gasteiger partial charge in [-0.25, -0.2) is 8.42 Å². The molecule has 126 valence electrons. The van der Waals surface area contributed by atoms with E-state index in [1.54, 1.807) is 0 Å².